The van der Waals surface area contributed by atoms with E-state index in [-0.39, 0.29) is 12.1 Å². The number of aromatic amines is 1. The summed E-state index contributed by atoms with van der Waals surface area (Å²) in [7, 11) is 2.15. The summed E-state index contributed by atoms with van der Waals surface area (Å²) >= 11 is 0. The van der Waals surface area contributed by atoms with Gasteiger partial charge in [-0.3, -0.25) is 4.90 Å². The highest BCUT2D eigenvalue weighted by atomic mass is 16.3. The number of nitrogens with zero attached hydrogens (tertiary/aromatic N) is 5. The maximum absolute atomic E-state index is 10.5. The molecule has 2 aromatic rings. The number of likely N-dealkylation sites (N-methyl/N-ethyl adjacent to an activating group) is 1. The fourth-order valence-electron chi connectivity index (χ4n) is 3.55. The molecule has 2 unspecified atom stereocenters. The molecule has 0 radical (unpaired) electrons. The van der Waals surface area contributed by atoms with Crippen molar-refractivity contribution in [2.45, 2.75) is 12.1 Å². The molecule has 4 heterocycles. The Kier molecular flexibility index (Phi) is 3.48. The van der Waals surface area contributed by atoms with Gasteiger partial charge in [0.2, 0.25) is 0 Å². The first kappa shape index (κ1) is 13.9. The highest BCUT2D eigenvalue weighted by molar-refractivity contribution is 5.86. The van der Waals surface area contributed by atoms with Crippen molar-refractivity contribution in [3.05, 3.63) is 18.6 Å². The fraction of sp³-hybridized carbons (Fsp3) is 0.600. The number of fused-ring (bicyclic) bond motifs is 1. The SMILES string of the molecule is CN1CCN(C2CN(c3ncnc4cc[nH]c34)CC2O)CC1. The molecule has 2 aliphatic rings. The van der Waals surface area contributed by atoms with Gasteiger partial charge in [0.15, 0.2) is 5.82 Å². The van der Waals surface area contributed by atoms with E-state index in [4.69, 9.17) is 0 Å². The van der Waals surface area contributed by atoms with Gasteiger partial charge in [-0.2, -0.15) is 0 Å². The highest BCUT2D eigenvalue weighted by Gasteiger charge is 2.37. The Bertz CT molecular complexity index is 650. The van der Waals surface area contributed by atoms with Crippen molar-refractivity contribution in [2.24, 2.45) is 0 Å². The van der Waals surface area contributed by atoms with E-state index in [0.29, 0.717) is 6.54 Å². The molecule has 0 bridgehead atoms. The topological polar surface area (TPSA) is 71.5 Å². The second kappa shape index (κ2) is 5.49. The number of hydrogen-bond donors (Lipinski definition) is 2. The minimum Gasteiger partial charge on any atom is -0.390 e. The Morgan fingerprint density at radius 1 is 1.18 bits per heavy atom. The van der Waals surface area contributed by atoms with Crippen molar-refractivity contribution < 1.29 is 5.11 Å². The van der Waals surface area contributed by atoms with Crippen LogP contribution >= 0.6 is 0 Å². The lowest BCUT2D eigenvalue weighted by Gasteiger charge is -2.37. The minimum absolute atomic E-state index is 0.189. The lowest BCUT2D eigenvalue weighted by molar-refractivity contribution is 0.0512. The first-order valence-electron chi connectivity index (χ1n) is 7.86. The zero-order valence-electron chi connectivity index (χ0n) is 12.8. The molecule has 2 aromatic heterocycles. The van der Waals surface area contributed by atoms with Crippen molar-refractivity contribution in [2.75, 3.05) is 51.2 Å². The number of hydrogen-bond acceptors (Lipinski definition) is 6. The summed E-state index contributed by atoms with van der Waals surface area (Å²) in [5.41, 5.74) is 1.87. The van der Waals surface area contributed by atoms with Crippen LogP contribution in [0.15, 0.2) is 18.6 Å². The molecular formula is C15H22N6O. The number of anilines is 1. The molecule has 0 spiro atoms. The van der Waals surface area contributed by atoms with E-state index in [1.165, 1.54) is 0 Å². The monoisotopic (exact) mass is 302 g/mol. The Hall–Kier alpha value is -1.70. The Labute approximate surface area is 129 Å². The predicted molar refractivity (Wildman–Crippen MR) is 85.0 cm³/mol. The molecule has 0 saturated carbocycles. The molecule has 2 fully saturated rings. The van der Waals surface area contributed by atoms with Gasteiger partial charge in [0.05, 0.1) is 17.7 Å². The number of piperazine rings is 1. The average Bonchev–Trinajstić information content (AvgIpc) is 3.14. The van der Waals surface area contributed by atoms with Crippen LogP contribution in [0.1, 0.15) is 0 Å². The van der Waals surface area contributed by atoms with E-state index in [0.717, 1.165) is 49.6 Å². The first-order valence-corrected chi connectivity index (χ1v) is 7.86. The summed E-state index contributed by atoms with van der Waals surface area (Å²) in [6.07, 6.45) is 3.15. The molecule has 118 valence electrons. The summed E-state index contributed by atoms with van der Waals surface area (Å²) in [6.45, 7) is 5.62. The Morgan fingerprint density at radius 2 is 2.00 bits per heavy atom. The van der Waals surface area contributed by atoms with Crippen molar-refractivity contribution in [1.29, 1.82) is 0 Å². The van der Waals surface area contributed by atoms with Gasteiger partial charge >= 0.3 is 0 Å². The molecule has 2 N–H and O–H groups in total. The van der Waals surface area contributed by atoms with E-state index in [1.54, 1.807) is 6.33 Å². The van der Waals surface area contributed by atoms with Crippen LogP contribution in [0.5, 0.6) is 0 Å². The van der Waals surface area contributed by atoms with Crippen LogP contribution in [0.3, 0.4) is 0 Å². The Morgan fingerprint density at radius 3 is 2.82 bits per heavy atom. The normalized spacial score (nSPS) is 27.8. The second-order valence-electron chi connectivity index (χ2n) is 6.31. The van der Waals surface area contributed by atoms with Gasteiger partial charge in [-0.1, -0.05) is 0 Å². The number of nitrogens with one attached hydrogen (secondary N) is 1. The molecule has 7 heteroatoms. The molecule has 0 amide bonds. The van der Waals surface area contributed by atoms with Gasteiger partial charge in [0.1, 0.15) is 11.8 Å². The zero-order valence-corrected chi connectivity index (χ0v) is 12.8. The van der Waals surface area contributed by atoms with Crippen LogP contribution < -0.4 is 4.90 Å². The van der Waals surface area contributed by atoms with Gasteiger partial charge < -0.3 is 19.9 Å². The molecule has 7 nitrogen and oxygen atoms in total. The van der Waals surface area contributed by atoms with E-state index < -0.39 is 0 Å². The van der Waals surface area contributed by atoms with Crippen LogP contribution in [0, 0.1) is 0 Å². The molecule has 2 atom stereocenters. The lowest BCUT2D eigenvalue weighted by Crippen LogP contribution is -2.52. The van der Waals surface area contributed by atoms with E-state index in [1.807, 2.05) is 12.3 Å². The molecule has 2 aliphatic heterocycles. The third-order valence-corrected chi connectivity index (χ3v) is 4.89. The molecule has 22 heavy (non-hydrogen) atoms. The summed E-state index contributed by atoms with van der Waals surface area (Å²) < 4.78 is 0. The molecular weight excluding hydrogens is 280 g/mol. The maximum atomic E-state index is 10.5. The van der Waals surface area contributed by atoms with Gasteiger partial charge in [0.25, 0.3) is 0 Å². The molecule has 0 aromatic carbocycles. The second-order valence-corrected chi connectivity index (χ2v) is 6.31. The quantitative estimate of drug-likeness (QED) is 0.797. The maximum Gasteiger partial charge on any atom is 0.156 e. The molecule has 4 rings (SSSR count). The third-order valence-electron chi connectivity index (χ3n) is 4.89. The molecule has 0 aliphatic carbocycles. The van der Waals surface area contributed by atoms with E-state index >= 15 is 0 Å². The number of rotatable bonds is 2. The third kappa shape index (κ3) is 2.35. The van der Waals surface area contributed by atoms with Crippen molar-refractivity contribution >= 4 is 16.9 Å². The van der Waals surface area contributed by atoms with Crippen LogP contribution in [-0.2, 0) is 0 Å². The largest absolute Gasteiger partial charge is 0.390 e. The summed E-state index contributed by atoms with van der Waals surface area (Å²) in [6, 6.07) is 2.14. The number of aromatic nitrogens is 3. The van der Waals surface area contributed by atoms with Gasteiger partial charge in [-0.05, 0) is 13.1 Å². The number of H-pyrrole nitrogens is 1. The standard InChI is InChI=1S/C15H22N6O/c1-19-4-6-20(7-5-19)12-8-21(9-13(12)22)15-14-11(2-3-16-14)17-10-18-15/h2-3,10,12-13,16,22H,4-9H2,1H3. The smallest absolute Gasteiger partial charge is 0.156 e. The molecule has 2 saturated heterocycles. The minimum atomic E-state index is -0.330. The lowest BCUT2D eigenvalue weighted by atomic mass is 10.1. The summed E-state index contributed by atoms with van der Waals surface area (Å²) in [4.78, 5) is 18.8. The van der Waals surface area contributed by atoms with Crippen LogP contribution in [0.4, 0.5) is 5.82 Å². The van der Waals surface area contributed by atoms with Crippen molar-refractivity contribution in [1.82, 2.24) is 24.8 Å². The zero-order chi connectivity index (χ0) is 15.1. The number of β-amino-alcohol motifs (C(OH)–C–C–N with tert-alkyl or cyclic N) is 1. The number of aliphatic hydroxyl groups is 1. The van der Waals surface area contributed by atoms with E-state index in [9.17, 15) is 5.11 Å². The van der Waals surface area contributed by atoms with Crippen LogP contribution in [-0.4, -0.2) is 88.3 Å². The van der Waals surface area contributed by atoms with Crippen molar-refractivity contribution in [3.8, 4) is 0 Å². The average molecular weight is 302 g/mol. The van der Waals surface area contributed by atoms with Crippen molar-refractivity contribution in [3.63, 3.8) is 0 Å². The van der Waals surface area contributed by atoms with E-state index in [2.05, 4.69) is 36.7 Å². The number of aliphatic hydroxyl groups excluding tert-OH is 1. The Balaban J connectivity index is 1.54. The predicted octanol–water partition coefficient (Wildman–Crippen LogP) is -0.245. The van der Waals surface area contributed by atoms with Crippen LogP contribution in [0.2, 0.25) is 0 Å². The summed E-state index contributed by atoms with van der Waals surface area (Å²) in [5, 5.41) is 10.5. The first-order chi connectivity index (χ1) is 10.7. The van der Waals surface area contributed by atoms with Gasteiger partial charge in [0, 0.05) is 45.5 Å². The van der Waals surface area contributed by atoms with Gasteiger partial charge in [-0.15, -0.1) is 0 Å². The van der Waals surface area contributed by atoms with Gasteiger partial charge in [-0.25, -0.2) is 9.97 Å². The highest BCUT2D eigenvalue weighted by Crippen LogP contribution is 2.27. The summed E-state index contributed by atoms with van der Waals surface area (Å²) in [5.74, 6) is 0.894. The fourth-order valence-corrected chi connectivity index (χ4v) is 3.55. The van der Waals surface area contributed by atoms with Crippen LogP contribution in [0.25, 0.3) is 11.0 Å².